The normalized spacial score (nSPS) is 15.5. The van der Waals surface area contributed by atoms with Crippen LogP contribution in [0.3, 0.4) is 0 Å². The molecule has 0 aromatic heterocycles. The summed E-state index contributed by atoms with van der Waals surface area (Å²) in [5.74, 6) is 0. The van der Waals surface area contributed by atoms with Gasteiger partial charge in [-0.2, -0.15) is 0 Å². The highest BCUT2D eigenvalue weighted by Gasteiger charge is 2.54. The van der Waals surface area contributed by atoms with Crippen molar-refractivity contribution in [1.82, 2.24) is 0 Å². The molecule has 3 aliphatic rings. The van der Waals surface area contributed by atoms with Crippen molar-refractivity contribution in [2.45, 2.75) is 57.8 Å². The predicted octanol–water partition coefficient (Wildman–Crippen LogP) is 14.8. The van der Waals surface area contributed by atoms with Crippen molar-refractivity contribution in [3.63, 3.8) is 0 Å². The van der Waals surface area contributed by atoms with Crippen molar-refractivity contribution in [2.24, 2.45) is 0 Å². The molecule has 10 aromatic rings. The van der Waals surface area contributed by atoms with Crippen LogP contribution < -0.4 is 16.4 Å². The summed E-state index contributed by atoms with van der Waals surface area (Å²) in [7, 11) is 0. The van der Waals surface area contributed by atoms with Crippen molar-refractivity contribution in [1.29, 1.82) is 0 Å². The molecule has 0 aliphatic carbocycles. The van der Waals surface area contributed by atoms with Crippen molar-refractivity contribution < 1.29 is 0 Å². The molecule has 3 heterocycles. The van der Waals surface area contributed by atoms with Gasteiger partial charge < -0.3 is 0 Å². The second-order valence-corrected chi connectivity index (χ2v) is 20.8. The fraction of sp³-hybridized carbons (Fsp3) is 0.138. The average molecular weight is 843 g/mol. The SMILES string of the molecule is CC1(C)c2cccc3c2B2c4c1cccc4C(C)(C)c1cc(-c4cccc(-c5cccc(-c6cc(-c7cccc8ccccc78)cc(-c7cccc8ccccc78)c6)c5)c4)cc(c12)C3(C)C. The number of hydrogen-bond donors (Lipinski definition) is 0. The first-order chi connectivity index (χ1) is 32.0. The molecule has 0 atom stereocenters. The Hall–Kier alpha value is -7.22. The van der Waals surface area contributed by atoms with Crippen LogP contribution in [0.1, 0.15) is 74.9 Å². The van der Waals surface area contributed by atoms with Gasteiger partial charge in [-0.1, -0.05) is 228 Å². The first-order valence-electron chi connectivity index (χ1n) is 23.8. The molecule has 0 saturated carbocycles. The van der Waals surface area contributed by atoms with Crippen LogP contribution in [0.15, 0.2) is 200 Å². The highest BCUT2D eigenvalue weighted by Crippen LogP contribution is 2.48. The Balaban J connectivity index is 0.955. The second-order valence-electron chi connectivity index (χ2n) is 20.8. The molecule has 13 rings (SSSR count). The summed E-state index contributed by atoms with van der Waals surface area (Å²) in [5.41, 5.74) is 25.5. The molecule has 66 heavy (non-hydrogen) atoms. The van der Waals surface area contributed by atoms with Gasteiger partial charge in [-0.05, 0) is 141 Å². The van der Waals surface area contributed by atoms with E-state index in [1.165, 1.54) is 111 Å². The standard InChI is InChI=1S/C65H51B/c1-63(2)54-29-15-31-56-60(54)66-61-55(63)30-16-32-57(61)65(5,6)59-39-47(38-58(62(59)66)64(56,3)4)45-24-12-22-43(34-45)42-21-11-23-44(33-42)46-35-48(52-27-13-19-40-17-7-9-25-50(40)52)37-49(36-46)53-28-14-20-41-18-8-10-26-51(41)53/h7-39H,1-6H3. The monoisotopic (exact) mass is 842 g/mol. The van der Waals surface area contributed by atoms with E-state index in [4.69, 9.17) is 0 Å². The Morgan fingerprint density at radius 2 is 0.561 bits per heavy atom. The van der Waals surface area contributed by atoms with E-state index in [9.17, 15) is 0 Å². The lowest BCUT2D eigenvalue weighted by atomic mass is 9.23. The maximum atomic E-state index is 2.56. The molecule has 0 N–H and O–H groups in total. The third-order valence-electron chi connectivity index (χ3n) is 16.2. The topological polar surface area (TPSA) is 0 Å². The Morgan fingerprint density at radius 1 is 0.258 bits per heavy atom. The van der Waals surface area contributed by atoms with Crippen LogP contribution in [-0.2, 0) is 16.2 Å². The summed E-state index contributed by atoms with van der Waals surface area (Å²) < 4.78 is 0. The first-order valence-corrected chi connectivity index (χ1v) is 23.8. The van der Waals surface area contributed by atoms with E-state index >= 15 is 0 Å². The minimum Gasteiger partial charge on any atom is -0.0617 e. The Morgan fingerprint density at radius 3 is 1.02 bits per heavy atom. The second kappa shape index (κ2) is 13.9. The van der Waals surface area contributed by atoms with Crippen LogP contribution in [0.2, 0.25) is 0 Å². The van der Waals surface area contributed by atoms with Crippen LogP contribution in [0.4, 0.5) is 0 Å². The van der Waals surface area contributed by atoms with E-state index in [2.05, 4.69) is 242 Å². The lowest BCUT2D eigenvalue weighted by Gasteiger charge is -2.52. The van der Waals surface area contributed by atoms with Gasteiger partial charge in [0.2, 0.25) is 6.71 Å². The quantitative estimate of drug-likeness (QED) is 0.151. The molecular formula is C65H51B. The third kappa shape index (κ3) is 5.53. The van der Waals surface area contributed by atoms with Crippen molar-refractivity contribution in [3.8, 4) is 55.6 Å². The highest BCUT2D eigenvalue weighted by atomic mass is 14.5. The lowest BCUT2D eigenvalue weighted by Crippen LogP contribution is -2.71. The van der Waals surface area contributed by atoms with Gasteiger partial charge >= 0.3 is 0 Å². The van der Waals surface area contributed by atoms with Gasteiger partial charge in [0, 0.05) is 16.2 Å². The fourth-order valence-corrected chi connectivity index (χ4v) is 12.8. The molecule has 0 bridgehead atoms. The molecule has 1 heteroatoms. The van der Waals surface area contributed by atoms with Gasteiger partial charge in [-0.3, -0.25) is 0 Å². The van der Waals surface area contributed by atoms with E-state index in [1.807, 2.05) is 0 Å². The number of fused-ring (bicyclic) bond motifs is 2. The molecule has 0 amide bonds. The zero-order valence-electron chi connectivity index (χ0n) is 38.6. The van der Waals surface area contributed by atoms with E-state index < -0.39 is 0 Å². The highest BCUT2D eigenvalue weighted by molar-refractivity contribution is 6.98. The van der Waals surface area contributed by atoms with E-state index in [-0.39, 0.29) is 23.0 Å². The first kappa shape index (κ1) is 39.2. The summed E-state index contributed by atoms with van der Waals surface area (Å²) in [6, 6.07) is 75.9. The minimum absolute atomic E-state index is 0.0648. The van der Waals surface area contributed by atoms with Crippen molar-refractivity contribution in [2.75, 3.05) is 0 Å². The van der Waals surface area contributed by atoms with Gasteiger partial charge in [-0.15, -0.1) is 0 Å². The summed E-state index contributed by atoms with van der Waals surface area (Å²) in [6.45, 7) is 15.0. The molecule has 3 aliphatic heterocycles. The van der Waals surface area contributed by atoms with Crippen LogP contribution in [0.25, 0.3) is 77.2 Å². The van der Waals surface area contributed by atoms with Crippen LogP contribution in [0.5, 0.6) is 0 Å². The number of hydrogen-bond acceptors (Lipinski definition) is 0. The van der Waals surface area contributed by atoms with Gasteiger partial charge in [0.25, 0.3) is 0 Å². The van der Waals surface area contributed by atoms with Crippen molar-refractivity contribution >= 4 is 44.6 Å². The third-order valence-corrected chi connectivity index (χ3v) is 16.2. The largest absolute Gasteiger partial charge is 0.243 e. The van der Waals surface area contributed by atoms with E-state index in [0.717, 1.165) is 0 Å². The Bertz CT molecular complexity index is 3490. The predicted molar refractivity (Wildman–Crippen MR) is 283 cm³/mol. The Labute approximate surface area is 389 Å². The molecule has 314 valence electrons. The zero-order chi connectivity index (χ0) is 44.7. The molecule has 10 aromatic carbocycles. The summed E-state index contributed by atoms with van der Waals surface area (Å²) in [5, 5.41) is 5.03. The molecular weight excluding hydrogens is 792 g/mol. The number of rotatable bonds is 5. The molecule has 0 unspecified atom stereocenters. The fourth-order valence-electron chi connectivity index (χ4n) is 12.8. The van der Waals surface area contributed by atoms with Gasteiger partial charge in [0.1, 0.15) is 0 Å². The smallest absolute Gasteiger partial charge is 0.0617 e. The molecule has 0 radical (unpaired) electrons. The average Bonchev–Trinajstić information content (AvgIpc) is 3.35. The minimum atomic E-state index is -0.157. The van der Waals surface area contributed by atoms with Gasteiger partial charge in [0.05, 0.1) is 0 Å². The zero-order valence-corrected chi connectivity index (χ0v) is 38.6. The lowest BCUT2D eigenvalue weighted by molar-refractivity contribution is 0.599. The van der Waals surface area contributed by atoms with Gasteiger partial charge in [0.15, 0.2) is 0 Å². The Kier molecular flexibility index (Phi) is 8.25. The van der Waals surface area contributed by atoms with E-state index in [1.54, 1.807) is 16.4 Å². The van der Waals surface area contributed by atoms with Crippen molar-refractivity contribution in [3.05, 3.63) is 234 Å². The van der Waals surface area contributed by atoms with Gasteiger partial charge in [-0.25, -0.2) is 0 Å². The molecule has 0 saturated heterocycles. The van der Waals surface area contributed by atoms with E-state index in [0.29, 0.717) is 0 Å². The molecule has 0 fully saturated rings. The van der Waals surface area contributed by atoms with Crippen LogP contribution >= 0.6 is 0 Å². The maximum absolute atomic E-state index is 2.56. The maximum Gasteiger partial charge on any atom is 0.243 e. The summed E-state index contributed by atoms with van der Waals surface area (Å²) >= 11 is 0. The summed E-state index contributed by atoms with van der Waals surface area (Å²) in [4.78, 5) is 0. The molecule has 0 nitrogen and oxygen atoms in total. The van der Waals surface area contributed by atoms with Crippen LogP contribution in [-0.4, -0.2) is 6.71 Å². The number of benzene rings is 10. The summed E-state index contributed by atoms with van der Waals surface area (Å²) in [6.07, 6.45) is 0. The van der Waals surface area contributed by atoms with Crippen LogP contribution in [0, 0.1) is 0 Å². The molecule has 0 spiro atoms.